The van der Waals surface area contributed by atoms with Crippen molar-refractivity contribution >= 4 is 41.1 Å². The van der Waals surface area contributed by atoms with Gasteiger partial charge in [-0.25, -0.2) is 0 Å². The number of rotatable bonds is 9. The Kier molecular flexibility index (Phi) is 10.7. The molecule has 2 atom stereocenters. The number of piperidine rings is 1. The van der Waals surface area contributed by atoms with Crippen molar-refractivity contribution in [1.29, 1.82) is 0 Å². The van der Waals surface area contributed by atoms with Gasteiger partial charge in [0.05, 0.1) is 22.8 Å². The number of hydrogen-bond acceptors (Lipinski definition) is 5. The van der Waals surface area contributed by atoms with Crippen LogP contribution in [0.1, 0.15) is 31.2 Å². The molecule has 0 spiro atoms. The number of nitrogens with zero attached hydrogens (tertiary/aromatic N) is 3. The molecule has 0 saturated carbocycles. The second kappa shape index (κ2) is 13.4. The topological polar surface area (TPSA) is 73.3 Å². The number of carbonyl (C=O) groups is 2. The third kappa shape index (κ3) is 8.24. The van der Waals surface area contributed by atoms with Gasteiger partial charge >= 0.3 is 0 Å². The number of ether oxygens (including phenoxy) is 1. The summed E-state index contributed by atoms with van der Waals surface area (Å²) in [6.07, 6.45) is 5.93. The van der Waals surface area contributed by atoms with Gasteiger partial charge in [0.15, 0.2) is 0 Å². The average molecular weight is 512 g/mol. The molecular weight excluding hydrogens is 477 g/mol. The number of methoxy groups -OCH3 is 1. The summed E-state index contributed by atoms with van der Waals surface area (Å²) in [5, 5.41) is 11.0. The van der Waals surface area contributed by atoms with E-state index in [9.17, 15) is 14.7 Å². The third-order valence-corrected chi connectivity index (χ3v) is 7.15. The van der Waals surface area contributed by atoms with Gasteiger partial charge < -0.3 is 24.5 Å². The predicted octanol–water partition coefficient (Wildman–Crippen LogP) is 3.18. The van der Waals surface area contributed by atoms with Crippen molar-refractivity contribution in [3.63, 3.8) is 0 Å². The lowest BCUT2D eigenvalue weighted by molar-refractivity contribution is -0.130. The number of hydrogen-bond donors (Lipinski definition) is 1. The molecule has 0 radical (unpaired) electrons. The van der Waals surface area contributed by atoms with E-state index in [2.05, 4.69) is 4.90 Å². The number of β-amino-alcohol motifs (C(OH)–C–C–N with tert-alkyl or cyclic N) is 1. The molecule has 2 aliphatic heterocycles. The SMILES string of the molecule is COCC1CC(O)CN(CCCCN2CCN(C(=O)C=Cc3ccc(Cl)c(Cl)c3)CCC2=O)C1. The standard InChI is InChI=1S/C25H35Cl2N3O4/c1-34-18-20-14-21(31)17-28(16-20)9-2-3-10-29-12-13-30(11-8-25(29)33)24(32)7-5-19-4-6-22(26)23(27)15-19/h4-7,15,20-21,31H,2-3,8-14,16-18H2,1H3. The molecule has 0 aliphatic carbocycles. The van der Waals surface area contributed by atoms with E-state index in [-0.39, 0.29) is 17.9 Å². The zero-order valence-electron chi connectivity index (χ0n) is 19.8. The summed E-state index contributed by atoms with van der Waals surface area (Å²) in [7, 11) is 1.70. The lowest BCUT2D eigenvalue weighted by Gasteiger charge is -2.35. The minimum absolute atomic E-state index is 0.0947. The maximum absolute atomic E-state index is 12.6. The Hall–Kier alpha value is -1.64. The number of unbranched alkanes of at least 4 members (excludes halogenated alkanes) is 1. The fourth-order valence-corrected chi connectivity index (χ4v) is 4.97. The molecule has 1 aromatic rings. The van der Waals surface area contributed by atoms with Crippen LogP contribution < -0.4 is 0 Å². The van der Waals surface area contributed by atoms with Gasteiger partial charge in [0, 0.05) is 58.9 Å². The number of halogens is 2. The first-order chi connectivity index (χ1) is 16.4. The third-order valence-electron chi connectivity index (χ3n) is 6.41. The first-order valence-electron chi connectivity index (χ1n) is 11.9. The second-order valence-electron chi connectivity index (χ2n) is 9.14. The van der Waals surface area contributed by atoms with Crippen molar-refractivity contribution in [3.8, 4) is 0 Å². The lowest BCUT2D eigenvalue weighted by atomic mass is 9.96. The first-order valence-corrected chi connectivity index (χ1v) is 12.7. The van der Waals surface area contributed by atoms with E-state index in [0.717, 1.165) is 37.9 Å². The van der Waals surface area contributed by atoms with Crippen LogP contribution in [0.5, 0.6) is 0 Å². The van der Waals surface area contributed by atoms with Crippen LogP contribution in [0, 0.1) is 5.92 Å². The number of aliphatic hydroxyl groups excluding tert-OH is 1. The van der Waals surface area contributed by atoms with Crippen LogP contribution in [0.2, 0.25) is 10.0 Å². The fraction of sp³-hybridized carbons (Fsp3) is 0.600. The number of benzene rings is 1. The molecule has 7 nitrogen and oxygen atoms in total. The Morgan fingerprint density at radius 2 is 1.94 bits per heavy atom. The summed E-state index contributed by atoms with van der Waals surface area (Å²) in [5.41, 5.74) is 0.796. The van der Waals surface area contributed by atoms with Crippen molar-refractivity contribution in [2.75, 3.05) is 59.5 Å². The Morgan fingerprint density at radius 1 is 1.15 bits per heavy atom. The van der Waals surface area contributed by atoms with E-state index in [1.54, 1.807) is 36.3 Å². The van der Waals surface area contributed by atoms with Crippen molar-refractivity contribution in [2.45, 2.75) is 31.8 Å². The summed E-state index contributed by atoms with van der Waals surface area (Å²) in [5.74, 6) is 0.350. The van der Waals surface area contributed by atoms with Crippen LogP contribution in [-0.2, 0) is 14.3 Å². The molecule has 1 aromatic carbocycles. The van der Waals surface area contributed by atoms with Gasteiger partial charge in [0.25, 0.3) is 0 Å². The zero-order valence-corrected chi connectivity index (χ0v) is 21.3. The Balaban J connectivity index is 1.41. The van der Waals surface area contributed by atoms with Crippen LogP contribution in [0.3, 0.4) is 0 Å². The van der Waals surface area contributed by atoms with Gasteiger partial charge in [-0.1, -0.05) is 29.3 Å². The van der Waals surface area contributed by atoms with E-state index in [1.807, 2.05) is 4.90 Å². The Labute approximate surface area is 212 Å². The van der Waals surface area contributed by atoms with Crippen molar-refractivity contribution in [1.82, 2.24) is 14.7 Å². The Bertz CT molecular complexity index is 867. The van der Waals surface area contributed by atoms with E-state index >= 15 is 0 Å². The number of likely N-dealkylation sites (tertiary alicyclic amines) is 1. The molecule has 1 N–H and O–H groups in total. The quantitative estimate of drug-likeness (QED) is 0.407. The number of carbonyl (C=O) groups excluding carboxylic acids is 2. The molecule has 188 valence electrons. The predicted molar refractivity (Wildman–Crippen MR) is 135 cm³/mol. The highest BCUT2D eigenvalue weighted by atomic mass is 35.5. The fourth-order valence-electron chi connectivity index (χ4n) is 4.66. The highest BCUT2D eigenvalue weighted by Gasteiger charge is 2.26. The van der Waals surface area contributed by atoms with Gasteiger partial charge in [-0.05, 0) is 55.5 Å². The summed E-state index contributed by atoms with van der Waals surface area (Å²) < 4.78 is 5.25. The molecule has 2 heterocycles. The van der Waals surface area contributed by atoms with Crippen LogP contribution in [-0.4, -0.2) is 97.3 Å². The minimum Gasteiger partial charge on any atom is -0.392 e. The normalized spacial score (nSPS) is 22.4. The molecule has 9 heteroatoms. The van der Waals surface area contributed by atoms with Crippen molar-refractivity contribution in [3.05, 3.63) is 39.9 Å². The minimum atomic E-state index is -0.296. The first kappa shape index (κ1) is 27.0. The van der Waals surface area contributed by atoms with Gasteiger partial charge in [0.2, 0.25) is 11.8 Å². The van der Waals surface area contributed by atoms with Crippen molar-refractivity contribution < 1.29 is 19.4 Å². The van der Waals surface area contributed by atoms with Crippen molar-refractivity contribution in [2.24, 2.45) is 5.92 Å². The van der Waals surface area contributed by atoms with Crippen LogP contribution in [0.25, 0.3) is 6.08 Å². The smallest absolute Gasteiger partial charge is 0.246 e. The van der Waals surface area contributed by atoms with Gasteiger partial charge in [-0.15, -0.1) is 0 Å². The van der Waals surface area contributed by atoms with Crippen LogP contribution in [0.4, 0.5) is 0 Å². The molecule has 2 amide bonds. The second-order valence-corrected chi connectivity index (χ2v) is 9.95. The zero-order chi connectivity index (χ0) is 24.5. The molecule has 0 aromatic heterocycles. The van der Waals surface area contributed by atoms with E-state index in [4.69, 9.17) is 27.9 Å². The summed E-state index contributed by atoms with van der Waals surface area (Å²) >= 11 is 12.0. The highest BCUT2D eigenvalue weighted by molar-refractivity contribution is 6.42. The maximum Gasteiger partial charge on any atom is 0.246 e. The molecule has 3 rings (SSSR count). The number of amides is 2. The highest BCUT2D eigenvalue weighted by Crippen LogP contribution is 2.23. The molecular formula is C25H35Cl2N3O4. The monoisotopic (exact) mass is 511 g/mol. The molecule has 2 fully saturated rings. The molecule has 34 heavy (non-hydrogen) atoms. The lowest BCUT2D eigenvalue weighted by Crippen LogP contribution is -2.44. The molecule has 2 aliphatic rings. The van der Waals surface area contributed by atoms with E-state index in [1.165, 1.54) is 6.08 Å². The van der Waals surface area contributed by atoms with Gasteiger partial charge in [-0.2, -0.15) is 0 Å². The summed E-state index contributed by atoms with van der Waals surface area (Å²) in [4.78, 5) is 31.1. The van der Waals surface area contributed by atoms with Crippen LogP contribution >= 0.6 is 23.2 Å². The maximum atomic E-state index is 12.6. The van der Waals surface area contributed by atoms with Crippen LogP contribution in [0.15, 0.2) is 24.3 Å². The van der Waals surface area contributed by atoms with E-state index < -0.39 is 0 Å². The molecule has 0 bridgehead atoms. The molecule has 2 unspecified atom stereocenters. The Morgan fingerprint density at radius 3 is 2.71 bits per heavy atom. The number of aliphatic hydroxyl groups is 1. The summed E-state index contributed by atoms with van der Waals surface area (Å²) in [6.45, 7) is 5.41. The molecule has 2 saturated heterocycles. The van der Waals surface area contributed by atoms with Gasteiger partial charge in [0.1, 0.15) is 0 Å². The average Bonchev–Trinajstić information content (AvgIpc) is 2.98. The largest absolute Gasteiger partial charge is 0.392 e. The van der Waals surface area contributed by atoms with E-state index in [0.29, 0.717) is 61.7 Å². The van der Waals surface area contributed by atoms with Gasteiger partial charge in [-0.3, -0.25) is 9.59 Å². The summed E-state index contributed by atoms with van der Waals surface area (Å²) in [6, 6.07) is 5.21.